The van der Waals surface area contributed by atoms with Gasteiger partial charge in [0.2, 0.25) is 5.91 Å². The molecule has 0 saturated heterocycles. The lowest BCUT2D eigenvalue weighted by molar-refractivity contribution is -0.125. The van der Waals surface area contributed by atoms with Crippen molar-refractivity contribution < 1.29 is 19.1 Å². The molecule has 98 valence electrons. The first-order valence-electron chi connectivity index (χ1n) is 4.73. The van der Waals surface area contributed by atoms with Gasteiger partial charge in [0.15, 0.2) is 0 Å². The van der Waals surface area contributed by atoms with Crippen LogP contribution >= 0.6 is 23.2 Å². The molecule has 18 heavy (non-hydrogen) atoms. The third-order valence-electron chi connectivity index (χ3n) is 2.04. The molecule has 0 aromatic heterocycles. The molecule has 2 amide bonds. The summed E-state index contributed by atoms with van der Waals surface area (Å²) in [7, 11) is 0. The van der Waals surface area contributed by atoms with Crippen LogP contribution in [0.25, 0.3) is 0 Å². The van der Waals surface area contributed by atoms with Crippen molar-refractivity contribution in [1.29, 1.82) is 0 Å². The predicted molar refractivity (Wildman–Crippen MR) is 64.0 cm³/mol. The molecule has 1 unspecified atom stereocenters. The van der Waals surface area contributed by atoms with Crippen molar-refractivity contribution in [3.63, 3.8) is 0 Å². The van der Waals surface area contributed by atoms with Gasteiger partial charge in [-0.05, 0) is 12.1 Å². The van der Waals surface area contributed by atoms with E-state index >= 15 is 0 Å². The molecule has 1 aromatic rings. The zero-order valence-corrected chi connectivity index (χ0v) is 10.4. The fraction of sp³-hybridized carbons (Fsp3) is 0.200. The topological polar surface area (TPSA) is 92.4 Å². The Balaban J connectivity index is 2.79. The Morgan fingerprint density at radius 1 is 1.39 bits per heavy atom. The molecule has 0 bridgehead atoms. The number of nitrogens with two attached hydrogens (primary N) is 1. The molecule has 8 heteroatoms. The number of halogens is 3. The van der Waals surface area contributed by atoms with Gasteiger partial charge in [-0.1, -0.05) is 23.2 Å². The van der Waals surface area contributed by atoms with Crippen LogP contribution in [0.1, 0.15) is 10.4 Å². The van der Waals surface area contributed by atoms with Gasteiger partial charge in [0.05, 0.1) is 22.2 Å². The van der Waals surface area contributed by atoms with E-state index in [2.05, 4.69) is 5.32 Å². The number of rotatable bonds is 4. The average molecular weight is 295 g/mol. The second-order valence-electron chi connectivity index (χ2n) is 3.37. The first-order chi connectivity index (χ1) is 8.32. The second-order valence-corrected chi connectivity index (χ2v) is 4.19. The Bertz CT molecular complexity index is 496. The summed E-state index contributed by atoms with van der Waals surface area (Å²) in [5, 5.41) is 11.0. The van der Waals surface area contributed by atoms with Crippen LogP contribution in [0.3, 0.4) is 0 Å². The first-order valence-corrected chi connectivity index (χ1v) is 5.48. The van der Waals surface area contributed by atoms with Gasteiger partial charge in [-0.2, -0.15) is 0 Å². The van der Waals surface area contributed by atoms with E-state index in [1.807, 2.05) is 0 Å². The lowest BCUT2D eigenvalue weighted by atomic mass is 10.2. The van der Waals surface area contributed by atoms with E-state index < -0.39 is 30.3 Å². The van der Waals surface area contributed by atoms with Crippen LogP contribution in [-0.2, 0) is 4.79 Å². The molecule has 0 aliphatic rings. The summed E-state index contributed by atoms with van der Waals surface area (Å²) < 4.78 is 13.2. The summed E-state index contributed by atoms with van der Waals surface area (Å²) in [6.45, 7) is -0.394. The van der Waals surface area contributed by atoms with E-state index in [1.165, 1.54) is 0 Å². The summed E-state index contributed by atoms with van der Waals surface area (Å²) in [6.07, 6.45) is -1.52. The minimum Gasteiger partial charge on any atom is -0.381 e. The smallest absolute Gasteiger partial charge is 0.253 e. The van der Waals surface area contributed by atoms with Gasteiger partial charge in [-0.15, -0.1) is 0 Å². The predicted octanol–water partition coefficient (Wildman–Crippen LogP) is 0.709. The number of amides is 2. The number of benzene rings is 1. The highest BCUT2D eigenvalue weighted by Gasteiger charge is 2.17. The Morgan fingerprint density at radius 2 is 2.00 bits per heavy atom. The maximum Gasteiger partial charge on any atom is 0.253 e. The van der Waals surface area contributed by atoms with Crippen molar-refractivity contribution in [2.45, 2.75) is 6.10 Å². The van der Waals surface area contributed by atoms with Gasteiger partial charge in [-0.25, -0.2) is 4.39 Å². The number of hydrogen-bond donors (Lipinski definition) is 3. The van der Waals surface area contributed by atoms with Gasteiger partial charge in [0, 0.05) is 0 Å². The summed E-state index contributed by atoms with van der Waals surface area (Å²) in [6, 6.07) is 1.94. The van der Waals surface area contributed by atoms with Crippen LogP contribution in [0, 0.1) is 5.82 Å². The highest BCUT2D eigenvalue weighted by Crippen LogP contribution is 2.24. The van der Waals surface area contributed by atoms with E-state index in [-0.39, 0.29) is 15.6 Å². The Hall–Kier alpha value is -1.37. The quantitative estimate of drug-likeness (QED) is 0.714. The first kappa shape index (κ1) is 14.7. The molecule has 0 aliphatic heterocycles. The molecule has 5 nitrogen and oxygen atoms in total. The molecule has 0 saturated carbocycles. The minimum atomic E-state index is -1.52. The number of carbonyl (C=O) groups is 2. The van der Waals surface area contributed by atoms with E-state index in [9.17, 15) is 14.0 Å². The monoisotopic (exact) mass is 294 g/mol. The van der Waals surface area contributed by atoms with Crippen molar-refractivity contribution in [3.8, 4) is 0 Å². The number of aliphatic hydroxyl groups is 1. The zero-order valence-electron chi connectivity index (χ0n) is 8.91. The van der Waals surface area contributed by atoms with E-state index in [0.29, 0.717) is 0 Å². The molecule has 0 radical (unpaired) electrons. The molecule has 1 aromatic carbocycles. The summed E-state index contributed by atoms with van der Waals surface area (Å²) >= 11 is 11.2. The summed E-state index contributed by atoms with van der Waals surface area (Å²) in [5.74, 6) is -2.54. The summed E-state index contributed by atoms with van der Waals surface area (Å²) in [4.78, 5) is 22.1. The van der Waals surface area contributed by atoms with Crippen molar-refractivity contribution in [3.05, 3.63) is 33.6 Å². The molecule has 0 fully saturated rings. The lowest BCUT2D eigenvalue weighted by Crippen LogP contribution is -2.40. The van der Waals surface area contributed by atoms with Crippen LogP contribution in [0.4, 0.5) is 4.39 Å². The van der Waals surface area contributed by atoms with Crippen molar-refractivity contribution >= 4 is 35.0 Å². The highest BCUT2D eigenvalue weighted by atomic mass is 35.5. The zero-order chi connectivity index (χ0) is 13.9. The number of aliphatic hydroxyl groups excluding tert-OH is 1. The van der Waals surface area contributed by atoms with Crippen LogP contribution in [0.2, 0.25) is 10.0 Å². The number of nitrogens with one attached hydrogen (secondary N) is 1. The average Bonchev–Trinajstić information content (AvgIpc) is 2.30. The van der Waals surface area contributed by atoms with Gasteiger partial charge in [-0.3, -0.25) is 9.59 Å². The normalized spacial score (nSPS) is 12.0. The van der Waals surface area contributed by atoms with Gasteiger partial charge >= 0.3 is 0 Å². The molecule has 1 atom stereocenters. The fourth-order valence-electron chi connectivity index (χ4n) is 1.08. The fourth-order valence-corrected chi connectivity index (χ4v) is 1.55. The van der Waals surface area contributed by atoms with Crippen molar-refractivity contribution in [2.75, 3.05) is 6.54 Å². The number of hydrogen-bond acceptors (Lipinski definition) is 3. The Labute approximate surface area is 112 Å². The molecule has 4 N–H and O–H groups in total. The second kappa shape index (κ2) is 5.99. The van der Waals surface area contributed by atoms with E-state index in [4.69, 9.17) is 34.0 Å². The number of primary amides is 1. The molecule has 1 rings (SSSR count). The molecule has 0 spiro atoms. The van der Waals surface area contributed by atoms with Crippen molar-refractivity contribution in [1.82, 2.24) is 5.32 Å². The number of carbonyl (C=O) groups excluding carboxylic acids is 2. The molecular formula is C10H9Cl2FN2O3. The summed E-state index contributed by atoms with van der Waals surface area (Å²) in [5.41, 5.74) is 4.63. The lowest BCUT2D eigenvalue weighted by Gasteiger charge is -2.09. The van der Waals surface area contributed by atoms with E-state index in [1.54, 1.807) is 0 Å². The molecule has 0 aliphatic carbocycles. The van der Waals surface area contributed by atoms with Crippen LogP contribution in [-0.4, -0.2) is 29.6 Å². The van der Waals surface area contributed by atoms with Crippen LogP contribution < -0.4 is 11.1 Å². The largest absolute Gasteiger partial charge is 0.381 e. The SMILES string of the molecule is NC(=O)C(O)CNC(=O)c1cc(F)c(Cl)cc1Cl. The third-order valence-corrected chi connectivity index (χ3v) is 2.64. The Kier molecular flexibility index (Phi) is 4.89. The van der Waals surface area contributed by atoms with Crippen LogP contribution in [0.5, 0.6) is 0 Å². The highest BCUT2D eigenvalue weighted by molar-refractivity contribution is 6.36. The van der Waals surface area contributed by atoms with Gasteiger partial charge in [0.1, 0.15) is 11.9 Å². The molecule has 0 heterocycles. The Morgan fingerprint density at radius 3 is 2.56 bits per heavy atom. The van der Waals surface area contributed by atoms with Crippen molar-refractivity contribution in [2.24, 2.45) is 5.73 Å². The van der Waals surface area contributed by atoms with Crippen LogP contribution in [0.15, 0.2) is 12.1 Å². The molecular weight excluding hydrogens is 286 g/mol. The maximum absolute atomic E-state index is 13.2. The van der Waals surface area contributed by atoms with Gasteiger partial charge in [0.25, 0.3) is 5.91 Å². The maximum atomic E-state index is 13.2. The third kappa shape index (κ3) is 3.56. The standard InChI is InChI=1S/C10H9Cl2FN2O3/c11-5-2-6(12)7(13)1-4(5)10(18)15-3-8(16)9(14)17/h1-2,8,16H,3H2,(H2,14,17)(H,15,18). The van der Waals surface area contributed by atoms with Gasteiger partial charge < -0.3 is 16.2 Å². The van der Waals surface area contributed by atoms with E-state index in [0.717, 1.165) is 12.1 Å². The minimum absolute atomic E-state index is 0.0486.